The van der Waals surface area contributed by atoms with E-state index in [4.69, 9.17) is 0 Å². The minimum absolute atomic E-state index is 0. The summed E-state index contributed by atoms with van der Waals surface area (Å²) in [6, 6.07) is 121. The van der Waals surface area contributed by atoms with Gasteiger partial charge in [0.2, 0.25) is 0 Å². The summed E-state index contributed by atoms with van der Waals surface area (Å²) in [6.45, 7) is 23.5. The van der Waals surface area contributed by atoms with Crippen molar-refractivity contribution >= 4 is 39.8 Å². The maximum Gasteiger partial charge on any atom is 0.0776 e. The molecule has 0 unspecified atom stereocenters. The van der Waals surface area contributed by atoms with Crippen LogP contribution in [0.15, 0.2) is 340 Å². The molecule has 0 spiro atoms. The largest absolute Gasteiger partial charge is 0.305 e. The molecule has 3 radical (unpaired) electrons. The molecule has 0 saturated carbocycles. The Kier molecular flexibility index (Phi) is 33.2. The van der Waals surface area contributed by atoms with E-state index in [9.17, 15) is 0 Å². The van der Waals surface area contributed by atoms with Gasteiger partial charge in [-0.25, -0.2) is 0 Å². The first-order chi connectivity index (χ1) is 49.9. The Balaban J connectivity index is 0.000000180. The first kappa shape index (κ1) is 83.7. The number of hydrogen-bond acceptors (Lipinski definition) is 6. The van der Waals surface area contributed by atoms with Crippen LogP contribution in [0.5, 0.6) is 0 Å². The Morgan fingerprint density at radius 1 is 0.226 bits per heavy atom. The monoisotopic (exact) mass is 1960 g/mol. The van der Waals surface area contributed by atoms with Crippen LogP contribution >= 0.6 is 0 Å². The third-order valence-corrected chi connectivity index (χ3v) is 22.9. The van der Waals surface area contributed by atoms with E-state index in [1.165, 1.54) is 48.9 Å². The van der Waals surface area contributed by atoms with Gasteiger partial charge in [0, 0.05) is 103 Å². The van der Waals surface area contributed by atoms with Gasteiger partial charge in [-0.2, -0.15) is 0 Å². The van der Waals surface area contributed by atoms with Crippen LogP contribution < -0.4 is 15.6 Å². The van der Waals surface area contributed by atoms with Crippen molar-refractivity contribution in [2.75, 3.05) is 0 Å². The molecule has 0 bridgehead atoms. The number of aromatic nitrogens is 6. The summed E-state index contributed by atoms with van der Waals surface area (Å²) in [5.41, 5.74) is 20.5. The summed E-state index contributed by atoms with van der Waals surface area (Å²) in [5, 5.41) is 4.45. The van der Waals surface area contributed by atoms with Crippen molar-refractivity contribution in [1.29, 1.82) is 0 Å². The van der Waals surface area contributed by atoms with Crippen LogP contribution in [-0.4, -0.2) is 54.1 Å². The van der Waals surface area contributed by atoms with Gasteiger partial charge in [0.25, 0.3) is 0 Å². The van der Waals surface area contributed by atoms with E-state index in [1.807, 2.05) is 219 Å². The Morgan fingerprint density at radius 3 is 0.821 bits per heavy atom. The minimum atomic E-state index is -1.29. The van der Waals surface area contributed by atoms with Gasteiger partial charge in [-0.05, 0) is 92.7 Å². The van der Waals surface area contributed by atoms with Gasteiger partial charge in [0.05, 0.1) is 24.2 Å². The molecule has 0 aliphatic heterocycles. The van der Waals surface area contributed by atoms with Crippen LogP contribution in [0.3, 0.4) is 0 Å². The van der Waals surface area contributed by atoms with E-state index in [0.717, 1.165) is 73.1 Å². The van der Waals surface area contributed by atoms with Crippen molar-refractivity contribution in [1.82, 2.24) is 29.9 Å². The van der Waals surface area contributed by atoms with Crippen molar-refractivity contribution in [3.05, 3.63) is 382 Å². The van der Waals surface area contributed by atoms with Crippen molar-refractivity contribution in [3.63, 3.8) is 0 Å². The van der Waals surface area contributed by atoms with E-state index >= 15 is 0 Å². The molecule has 0 atom stereocenters. The van der Waals surface area contributed by atoms with Gasteiger partial charge in [-0.15, -0.1) is 215 Å². The summed E-state index contributed by atoms with van der Waals surface area (Å²) < 4.78 is 0. The summed E-state index contributed by atoms with van der Waals surface area (Å²) in [7, 11) is -3.76. The maximum atomic E-state index is 4.63. The predicted molar refractivity (Wildman–Crippen MR) is 441 cm³/mol. The van der Waals surface area contributed by atoms with Crippen LogP contribution in [0.25, 0.3) is 101 Å². The molecule has 12 heteroatoms. The van der Waals surface area contributed by atoms with Gasteiger partial charge in [-0.3, -0.25) is 0 Å². The van der Waals surface area contributed by atoms with Gasteiger partial charge < -0.3 is 29.9 Å². The minimum Gasteiger partial charge on any atom is -0.305 e. The second-order valence-electron chi connectivity index (χ2n) is 27.5. The molecule has 106 heavy (non-hydrogen) atoms. The van der Waals surface area contributed by atoms with Crippen molar-refractivity contribution < 1.29 is 60.3 Å². The summed E-state index contributed by atoms with van der Waals surface area (Å²) in [5.74, 6) is 0. The molecule has 6 aromatic heterocycles. The molecular weight excluding hydrogens is 1870 g/mol. The van der Waals surface area contributed by atoms with Crippen molar-refractivity contribution in [2.24, 2.45) is 0 Å². The smallest absolute Gasteiger partial charge is 0.0776 e. The average molecular weight is 1960 g/mol. The van der Waals surface area contributed by atoms with E-state index in [-0.39, 0.29) is 60.3 Å². The number of hydrogen-bond donors (Lipinski definition) is 0. The summed E-state index contributed by atoms with van der Waals surface area (Å²) in [4.78, 5) is 26.5. The molecule has 0 N–H and O–H groups in total. The average Bonchev–Trinajstić information content (AvgIpc) is 0.862. The second-order valence-corrected chi connectivity index (χ2v) is 42.8. The standard InChI is InChI=1S/C21H22NSi.2C20H20NSi.3C11H8N.3Ir/c1-16-14-21(18-8-6-5-7-9-18)22-15-20(16)17-10-12-19(13-11-17)23(2,3)4;1-22(2,3)19-11-7-10-17(14-19)18-12-13-20(21-15-18)16-8-5-4-6-9-16;1-22(2,3)19-12-9-16(10-13-19)18-11-14-20(21-15-18)17-7-5-4-6-8-17;3*1-2-6-10(7-3-1)11-8-4-5-9-12-11;;;/h5-8,10-15H,1-4H3;4-8,10-15H,1-3H3;4-7,9-15H,1-3H3;3*1-6,8-9H;;;/q6*-1;;;. The Morgan fingerprint density at radius 2 is 0.528 bits per heavy atom. The zero-order valence-electron chi connectivity index (χ0n) is 61.5. The molecule has 6 nitrogen and oxygen atoms in total. The molecule has 537 valence electrons. The molecule has 0 saturated heterocycles. The molecule has 15 aromatic rings. The molecule has 6 heterocycles. The number of rotatable bonds is 12. The van der Waals surface area contributed by atoms with E-state index in [2.05, 4.69) is 235 Å². The van der Waals surface area contributed by atoms with Gasteiger partial charge in [0.15, 0.2) is 0 Å². The quantitative estimate of drug-likeness (QED) is 0.0896. The number of benzene rings is 9. The Hall–Kier alpha value is -9.52. The molecule has 15 rings (SSSR count). The zero-order chi connectivity index (χ0) is 72.3. The van der Waals surface area contributed by atoms with Gasteiger partial charge in [-0.1, -0.05) is 214 Å². The topological polar surface area (TPSA) is 77.3 Å². The van der Waals surface area contributed by atoms with E-state index < -0.39 is 24.2 Å². The van der Waals surface area contributed by atoms with Crippen LogP contribution in [0.2, 0.25) is 58.9 Å². The van der Waals surface area contributed by atoms with E-state index in [0.29, 0.717) is 0 Å². The molecule has 9 aromatic carbocycles. The van der Waals surface area contributed by atoms with Crippen LogP contribution in [0.4, 0.5) is 0 Å². The molecule has 0 aliphatic rings. The van der Waals surface area contributed by atoms with Crippen LogP contribution in [0, 0.1) is 43.3 Å². The first-order valence-corrected chi connectivity index (χ1v) is 45.2. The Bertz CT molecular complexity index is 4660. The fourth-order valence-corrected chi connectivity index (χ4v) is 14.3. The first-order valence-electron chi connectivity index (χ1n) is 34.7. The Labute approximate surface area is 673 Å². The third kappa shape index (κ3) is 25.6. The normalized spacial score (nSPS) is 10.5. The van der Waals surface area contributed by atoms with Crippen molar-refractivity contribution in [2.45, 2.75) is 65.8 Å². The molecule has 0 fully saturated rings. The fourth-order valence-electron chi connectivity index (χ4n) is 10.8. The van der Waals surface area contributed by atoms with Crippen molar-refractivity contribution in [3.8, 4) is 101 Å². The fraction of sp³-hybridized carbons (Fsp3) is 0.106. The van der Waals surface area contributed by atoms with Crippen LogP contribution in [-0.2, 0) is 60.3 Å². The molecule has 0 amide bonds. The van der Waals surface area contributed by atoms with Crippen LogP contribution in [0.1, 0.15) is 5.56 Å². The zero-order valence-corrected chi connectivity index (χ0v) is 71.7. The number of pyridine rings is 6. The number of nitrogens with zero attached hydrogens (tertiary/aromatic N) is 6. The predicted octanol–water partition coefficient (Wildman–Crippen LogP) is 22.2. The summed E-state index contributed by atoms with van der Waals surface area (Å²) in [6.07, 6.45) is 11.2. The number of aryl methyl sites for hydroxylation is 1. The maximum absolute atomic E-state index is 4.63. The van der Waals surface area contributed by atoms with Gasteiger partial charge >= 0.3 is 0 Å². The summed E-state index contributed by atoms with van der Waals surface area (Å²) >= 11 is 0. The molecule has 0 aliphatic carbocycles. The molecular formula is C94H86Ir3N6Si3-6. The SMILES string of the molecule is C[Si](C)(C)c1ccc(-c2ccc(-c3[c-]cccc3)nc2)cc1.C[Si](C)(C)c1cccc(-c2ccc(-c3[c-]cccc3)nc2)c1.Cc1cc(-c2[c-]cccc2)ncc1-c1ccc([Si](C)(C)C)cc1.[Ir].[Ir].[Ir].[c-]1ccccc1-c1ccccn1.[c-]1ccccc1-c1ccccn1.[c-]1ccccc1-c1ccccn1. The van der Waals surface area contributed by atoms with Gasteiger partial charge in [0.1, 0.15) is 0 Å². The third-order valence-electron chi connectivity index (χ3n) is 16.8. The van der Waals surface area contributed by atoms with E-state index in [1.54, 1.807) is 18.6 Å². The second kappa shape index (κ2) is 42.0.